The van der Waals surface area contributed by atoms with E-state index in [1.807, 2.05) is 0 Å². The van der Waals surface area contributed by atoms with Crippen LogP contribution in [0.4, 0.5) is 23.4 Å². The van der Waals surface area contributed by atoms with E-state index in [9.17, 15) is 22.4 Å². The molecule has 0 saturated carbocycles. The largest absolute Gasteiger partial charge is 0.410 e. The molecule has 0 bridgehead atoms. The maximum atomic E-state index is 13.3. The first kappa shape index (κ1) is 15.3. The Balaban J connectivity index is 2.05. The van der Waals surface area contributed by atoms with Gasteiger partial charge in [0.2, 0.25) is 0 Å². The molecule has 2 aromatic rings. The van der Waals surface area contributed by atoms with Crippen molar-refractivity contribution in [2.24, 2.45) is 5.73 Å². The van der Waals surface area contributed by atoms with Gasteiger partial charge >= 0.3 is 6.18 Å². The molecule has 3 N–H and O–H groups in total. The Morgan fingerprint density at radius 3 is 2.52 bits per heavy atom. The Morgan fingerprint density at radius 2 is 1.96 bits per heavy atom. The Bertz CT molecular complexity index is 738. The molecule has 0 fully saturated rings. The summed E-state index contributed by atoms with van der Waals surface area (Å²) >= 11 is 0. The number of nitrogens with one attached hydrogen (secondary N) is 1. The van der Waals surface area contributed by atoms with Crippen molar-refractivity contribution < 1.29 is 22.4 Å². The molecule has 3 rings (SSSR count). The lowest BCUT2D eigenvalue weighted by atomic mass is 9.96. The number of anilines is 1. The molecule has 2 heterocycles. The number of benzene rings is 1. The van der Waals surface area contributed by atoms with Crippen molar-refractivity contribution in [1.29, 1.82) is 0 Å². The summed E-state index contributed by atoms with van der Waals surface area (Å²) < 4.78 is 53.7. The number of hydrogen-bond donors (Lipinski definition) is 2. The Hall–Kier alpha value is -2.58. The lowest BCUT2D eigenvalue weighted by Gasteiger charge is -2.33. The van der Waals surface area contributed by atoms with Gasteiger partial charge in [0.05, 0.1) is 12.2 Å². The highest BCUT2D eigenvalue weighted by Gasteiger charge is 2.47. The van der Waals surface area contributed by atoms with Crippen molar-refractivity contribution in [2.75, 3.05) is 5.32 Å². The van der Waals surface area contributed by atoms with Crippen molar-refractivity contribution in [3.05, 3.63) is 47.4 Å². The third-order valence-electron chi connectivity index (χ3n) is 3.78. The van der Waals surface area contributed by atoms with E-state index in [0.29, 0.717) is 5.56 Å². The van der Waals surface area contributed by atoms with E-state index < -0.39 is 30.0 Å². The minimum Gasteiger partial charge on any atom is -0.365 e. The average Bonchev–Trinajstić information content (AvgIpc) is 2.89. The van der Waals surface area contributed by atoms with E-state index in [-0.39, 0.29) is 17.8 Å². The minimum atomic E-state index is -4.55. The van der Waals surface area contributed by atoms with Gasteiger partial charge in [0.25, 0.3) is 5.91 Å². The molecule has 0 spiro atoms. The Morgan fingerprint density at radius 1 is 1.30 bits per heavy atom. The van der Waals surface area contributed by atoms with Gasteiger partial charge in [0.1, 0.15) is 17.2 Å². The number of nitrogens with two attached hydrogens (primary N) is 1. The summed E-state index contributed by atoms with van der Waals surface area (Å²) in [6.45, 7) is 0. The second kappa shape index (κ2) is 5.25. The van der Waals surface area contributed by atoms with E-state index in [4.69, 9.17) is 5.73 Å². The number of primary amides is 1. The number of carbonyl (C=O) groups excluding carboxylic acids is 1. The molecule has 5 nitrogen and oxygen atoms in total. The molecule has 1 aliphatic heterocycles. The van der Waals surface area contributed by atoms with Crippen LogP contribution >= 0.6 is 0 Å². The van der Waals surface area contributed by atoms with Crippen LogP contribution in [0, 0.1) is 5.82 Å². The number of rotatable bonds is 2. The average molecular weight is 328 g/mol. The van der Waals surface area contributed by atoms with Crippen LogP contribution in [-0.4, -0.2) is 21.9 Å². The lowest BCUT2D eigenvalue weighted by Crippen LogP contribution is -2.36. The van der Waals surface area contributed by atoms with Gasteiger partial charge in [-0.15, -0.1) is 0 Å². The summed E-state index contributed by atoms with van der Waals surface area (Å²) in [6, 6.07) is 2.49. The molecule has 122 valence electrons. The van der Waals surface area contributed by atoms with Crippen LogP contribution in [0.3, 0.4) is 0 Å². The number of fused-ring (bicyclic) bond motifs is 1. The number of carbonyl (C=O) groups is 1. The molecule has 0 unspecified atom stereocenters. The highest BCUT2D eigenvalue weighted by atomic mass is 19.4. The van der Waals surface area contributed by atoms with Crippen molar-refractivity contribution in [1.82, 2.24) is 9.78 Å². The van der Waals surface area contributed by atoms with Crippen LogP contribution in [-0.2, 0) is 0 Å². The summed E-state index contributed by atoms with van der Waals surface area (Å²) in [5.74, 6) is -1.44. The SMILES string of the molecule is NC(=O)c1cnn2c1N[C@@H](c1ccc(F)cc1)C[C@@H]2C(F)(F)F. The summed E-state index contributed by atoms with van der Waals surface area (Å²) in [5, 5.41) is 6.48. The van der Waals surface area contributed by atoms with Crippen LogP contribution in [0.5, 0.6) is 0 Å². The van der Waals surface area contributed by atoms with Crippen molar-refractivity contribution >= 4 is 11.7 Å². The van der Waals surface area contributed by atoms with Gasteiger partial charge in [-0.2, -0.15) is 18.3 Å². The molecule has 0 radical (unpaired) electrons. The molecule has 0 saturated heterocycles. The number of nitrogens with zero attached hydrogens (tertiary/aromatic N) is 2. The predicted molar refractivity (Wildman–Crippen MR) is 73.2 cm³/mol. The second-order valence-electron chi connectivity index (χ2n) is 5.26. The van der Waals surface area contributed by atoms with Crippen LogP contribution < -0.4 is 11.1 Å². The molecule has 0 aliphatic carbocycles. The molecule has 1 aromatic heterocycles. The van der Waals surface area contributed by atoms with Crippen LogP contribution in [0.2, 0.25) is 0 Å². The number of halogens is 4. The first-order chi connectivity index (χ1) is 10.8. The summed E-state index contributed by atoms with van der Waals surface area (Å²) in [5.41, 5.74) is 5.53. The third kappa shape index (κ3) is 2.73. The molecule has 1 aromatic carbocycles. The van der Waals surface area contributed by atoms with Gasteiger partial charge in [0, 0.05) is 6.42 Å². The van der Waals surface area contributed by atoms with Gasteiger partial charge in [-0.3, -0.25) is 4.79 Å². The maximum absolute atomic E-state index is 13.3. The van der Waals surface area contributed by atoms with E-state index >= 15 is 0 Å². The zero-order chi connectivity index (χ0) is 16.8. The fourth-order valence-electron chi connectivity index (χ4n) is 2.66. The van der Waals surface area contributed by atoms with Crippen LogP contribution in [0.1, 0.15) is 34.4 Å². The molecule has 23 heavy (non-hydrogen) atoms. The van der Waals surface area contributed by atoms with Crippen molar-refractivity contribution in [3.63, 3.8) is 0 Å². The van der Waals surface area contributed by atoms with E-state index in [1.54, 1.807) is 0 Å². The third-order valence-corrected chi connectivity index (χ3v) is 3.78. The first-order valence-corrected chi connectivity index (χ1v) is 6.73. The normalized spacial score (nSPS) is 20.7. The van der Waals surface area contributed by atoms with Crippen molar-refractivity contribution in [3.8, 4) is 0 Å². The van der Waals surface area contributed by atoms with Gasteiger partial charge < -0.3 is 11.1 Å². The van der Waals surface area contributed by atoms with Crippen LogP contribution in [0.15, 0.2) is 30.5 Å². The summed E-state index contributed by atoms with van der Waals surface area (Å²) in [6.07, 6.45) is -3.87. The van der Waals surface area contributed by atoms with Gasteiger partial charge in [-0.05, 0) is 17.7 Å². The molecule has 1 amide bonds. The van der Waals surface area contributed by atoms with Gasteiger partial charge in [-0.1, -0.05) is 12.1 Å². The monoisotopic (exact) mass is 328 g/mol. The van der Waals surface area contributed by atoms with Gasteiger partial charge in [-0.25, -0.2) is 9.07 Å². The number of alkyl halides is 3. The smallest absolute Gasteiger partial charge is 0.365 e. The maximum Gasteiger partial charge on any atom is 0.410 e. The fourth-order valence-corrected chi connectivity index (χ4v) is 2.66. The fraction of sp³-hybridized carbons (Fsp3) is 0.286. The summed E-state index contributed by atoms with van der Waals surface area (Å²) in [7, 11) is 0. The summed E-state index contributed by atoms with van der Waals surface area (Å²) in [4.78, 5) is 11.4. The minimum absolute atomic E-state index is 0.0830. The lowest BCUT2D eigenvalue weighted by molar-refractivity contribution is -0.173. The molecule has 1 aliphatic rings. The highest BCUT2D eigenvalue weighted by molar-refractivity contribution is 5.97. The highest BCUT2D eigenvalue weighted by Crippen LogP contribution is 2.44. The zero-order valence-corrected chi connectivity index (χ0v) is 11.6. The van der Waals surface area contributed by atoms with Crippen molar-refractivity contribution in [2.45, 2.75) is 24.7 Å². The van der Waals surface area contributed by atoms with Crippen LogP contribution in [0.25, 0.3) is 0 Å². The standard InChI is InChI=1S/C14H12F4N4O/c15-8-3-1-7(2-4-8)10-5-11(14(16,17)18)22-13(21-10)9(6-20-22)12(19)23/h1-4,6,10-11,21H,5H2,(H2,19,23)/t10-,11-/m1/s1. The number of aromatic nitrogens is 2. The Labute approximate surface area is 128 Å². The molecular weight excluding hydrogens is 316 g/mol. The predicted octanol–water partition coefficient (Wildman–Crippen LogP) is 2.78. The number of amides is 1. The quantitative estimate of drug-likeness (QED) is 0.833. The van der Waals surface area contributed by atoms with E-state index in [1.165, 1.54) is 24.3 Å². The van der Waals surface area contributed by atoms with E-state index in [0.717, 1.165) is 10.9 Å². The van der Waals surface area contributed by atoms with E-state index in [2.05, 4.69) is 10.4 Å². The molecule has 2 atom stereocenters. The molecule has 9 heteroatoms. The second-order valence-corrected chi connectivity index (χ2v) is 5.26. The topological polar surface area (TPSA) is 72.9 Å². The zero-order valence-electron chi connectivity index (χ0n) is 11.6. The first-order valence-electron chi connectivity index (χ1n) is 6.73. The molecular formula is C14H12F4N4O. The Kier molecular flexibility index (Phi) is 3.50. The van der Waals surface area contributed by atoms with Gasteiger partial charge in [0.15, 0.2) is 6.04 Å². The number of hydrogen-bond acceptors (Lipinski definition) is 3.